The molecule has 2 aromatic rings. The maximum absolute atomic E-state index is 12.7. The van der Waals surface area contributed by atoms with E-state index in [0.717, 1.165) is 23.5 Å². The lowest BCUT2D eigenvalue weighted by Gasteiger charge is -2.31. The minimum atomic E-state index is -0.0469. The molecule has 2 aromatic heterocycles. The highest BCUT2D eigenvalue weighted by Gasteiger charge is 2.29. The SMILES string of the molecule is O=C(Nc1ccnn1C1CCCC1)C1CCN(C(=O)c2cccs2)CC1. The molecular weight excluding hydrogens is 348 g/mol. The molecule has 2 amide bonds. The van der Waals surface area contributed by atoms with Crippen LogP contribution in [0.15, 0.2) is 29.8 Å². The van der Waals surface area contributed by atoms with Crippen molar-refractivity contribution in [3.63, 3.8) is 0 Å². The Morgan fingerprint density at radius 3 is 2.58 bits per heavy atom. The number of amides is 2. The first kappa shape index (κ1) is 17.3. The highest BCUT2D eigenvalue weighted by atomic mass is 32.1. The van der Waals surface area contributed by atoms with E-state index in [9.17, 15) is 9.59 Å². The molecule has 1 saturated heterocycles. The van der Waals surface area contributed by atoms with E-state index in [1.54, 1.807) is 6.20 Å². The van der Waals surface area contributed by atoms with E-state index in [2.05, 4.69) is 10.4 Å². The average molecular weight is 372 g/mol. The van der Waals surface area contributed by atoms with E-state index >= 15 is 0 Å². The summed E-state index contributed by atoms with van der Waals surface area (Å²) in [6.07, 6.45) is 7.90. The lowest BCUT2D eigenvalue weighted by atomic mass is 9.96. The van der Waals surface area contributed by atoms with E-state index < -0.39 is 0 Å². The van der Waals surface area contributed by atoms with E-state index in [0.29, 0.717) is 32.0 Å². The fourth-order valence-electron chi connectivity index (χ4n) is 3.98. The third kappa shape index (κ3) is 3.53. The Bertz CT molecular complexity index is 756. The number of rotatable bonds is 4. The van der Waals surface area contributed by atoms with Crippen LogP contribution < -0.4 is 5.32 Å². The Morgan fingerprint density at radius 1 is 1.12 bits per heavy atom. The van der Waals surface area contributed by atoms with Crippen molar-refractivity contribution < 1.29 is 9.59 Å². The van der Waals surface area contributed by atoms with Gasteiger partial charge in [-0.05, 0) is 37.1 Å². The summed E-state index contributed by atoms with van der Waals surface area (Å²) in [5, 5.41) is 9.40. The molecule has 2 fully saturated rings. The molecule has 0 aromatic carbocycles. The number of carbonyl (C=O) groups excluding carboxylic acids is 2. The van der Waals surface area contributed by atoms with Crippen molar-refractivity contribution in [2.45, 2.75) is 44.6 Å². The molecule has 1 aliphatic carbocycles. The molecule has 6 nitrogen and oxygen atoms in total. The Labute approximate surface area is 157 Å². The number of piperidine rings is 1. The van der Waals surface area contributed by atoms with E-state index in [4.69, 9.17) is 0 Å². The molecule has 0 spiro atoms. The quantitative estimate of drug-likeness (QED) is 0.892. The zero-order valence-electron chi connectivity index (χ0n) is 14.8. The number of nitrogens with zero attached hydrogens (tertiary/aromatic N) is 3. The number of thiophene rings is 1. The van der Waals surface area contributed by atoms with Gasteiger partial charge in [-0.25, -0.2) is 4.68 Å². The van der Waals surface area contributed by atoms with Crippen molar-refractivity contribution in [1.82, 2.24) is 14.7 Å². The number of carbonyl (C=O) groups is 2. The molecular formula is C19H24N4O2S. The van der Waals surface area contributed by atoms with Crippen LogP contribution >= 0.6 is 11.3 Å². The minimum absolute atomic E-state index is 0.0469. The number of hydrogen-bond acceptors (Lipinski definition) is 4. The first-order valence-corrected chi connectivity index (χ1v) is 10.3. The number of hydrogen-bond donors (Lipinski definition) is 1. The second-order valence-corrected chi connectivity index (χ2v) is 8.08. The highest BCUT2D eigenvalue weighted by molar-refractivity contribution is 7.12. The summed E-state index contributed by atoms with van der Waals surface area (Å²) in [5.74, 6) is 0.888. The summed E-state index contributed by atoms with van der Waals surface area (Å²) >= 11 is 1.47. The van der Waals surface area contributed by atoms with Crippen LogP contribution in [0.2, 0.25) is 0 Å². The predicted octanol–water partition coefficient (Wildman–Crippen LogP) is 3.55. The van der Waals surface area contributed by atoms with Gasteiger partial charge in [0.2, 0.25) is 5.91 Å². The maximum Gasteiger partial charge on any atom is 0.263 e. The molecule has 0 unspecified atom stereocenters. The van der Waals surface area contributed by atoms with Gasteiger partial charge in [0.25, 0.3) is 5.91 Å². The van der Waals surface area contributed by atoms with E-state index in [-0.39, 0.29) is 17.7 Å². The number of anilines is 1. The number of aromatic nitrogens is 2. The smallest absolute Gasteiger partial charge is 0.263 e. The van der Waals surface area contributed by atoms with Crippen molar-refractivity contribution in [3.8, 4) is 0 Å². The van der Waals surface area contributed by atoms with Gasteiger partial charge in [-0.3, -0.25) is 9.59 Å². The Hall–Kier alpha value is -2.15. The van der Waals surface area contributed by atoms with Crippen molar-refractivity contribution in [2.24, 2.45) is 5.92 Å². The number of nitrogens with one attached hydrogen (secondary N) is 1. The van der Waals surface area contributed by atoms with Gasteiger partial charge in [-0.2, -0.15) is 5.10 Å². The molecule has 2 aliphatic rings. The monoisotopic (exact) mass is 372 g/mol. The van der Waals surface area contributed by atoms with Gasteiger partial charge in [0.1, 0.15) is 5.82 Å². The molecule has 0 atom stereocenters. The Morgan fingerprint density at radius 2 is 1.88 bits per heavy atom. The second-order valence-electron chi connectivity index (χ2n) is 7.13. The van der Waals surface area contributed by atoms with Gasteiger partial charge in [0, 0.05) is 25.1 Å². The van der Waals surface area contributed by atoms with Crippen LogP contribution in [-0.4, -0.2) is 39.6 Å². The van der Waals surface area contributed by atoms with Crippen molar-refractivity contribution in [1.29, 1.82) is 0 Å². The molecule has 1 N–H and O–H groups in total. The first-order valence-electron chi connectivity index (χ1n) is 9.39. The lowest BCUT2D eigenvalue weighted by molar-refractivity contribution is -0.121. The van der Waals surface area contributed by atoms with Crippen LogP contribution in [-0.2, 0) is 4.79 Å². The Balaban J connectivity index is 1.33. The third-order valence-corrected chi connectivity index (χ3v) is 6.33. The molecule has 1 aliphatic heterocycles. The van der Waals surface area contributed by atoms with Crippen molar-refractivity contribution >= 4 is 29.0 Å². The van der Waals surface area contributed by atoms with Crippen LogP contribution in [0.5, 0.6) is 0 Å². The average Bonchev–Trinajstić information content (AvgIpc) is 3.42. The predicted molar refractivity (Wildman–Crippen MR) is 101 cm³/mol. The lowest BCUT2D eigenvalue weighted by Crippen LogP contribution is -2.41. The summed E-state index contributed by atoms with van der Waals surface area (Å²) in [7, 11) is 0. The standard InChI is InChI=1S/C19H24N4O2S/c24-18(21-17-7-10-20-23(17)15-4-1-2-5-15)14-8-11-22(12-9-14)19(25)16-6-3-13-26-16/h3,6-7,10,13-15H,1-2,4-5,8-9,11-12H2,(H,21,24). The summed E-state index contributed by atoms with van der Waals surface area (Å²) in [5.41, 5.74) is 0. The Kier molecular flexibility index (Phi) is 5.06. The van der Waals surface area contributed by atoms with Crippen LogP contribution in [0.3, 0.4) is 0 Å². The van der Waals surface area contributed by atoms with Crippen LogP contribution in [0, 0.1) is 5.92 Å². The highest BCUT2D eigenvalue weighted by Crippen LogP contribution is 2.31. The topological polar surface area (TPSA) is 67.2 Å². The molecule has 26 heavy (non-hydrogen) atoms. The third-order valence-electron chi connectivity index (χ3n) is 5.48. The van der Waals surface area contributed by atoms with E-state index in [1.807, 2.05) is 33.2 Å². The largest absolute Gasteiger partial charge is 0.338 e. The summed E-state index contributed by atoms with van der Waals surface area (Å²) in [6, 6.07) is 6.04. The molecule has 7 heteroatoms. The molecule has 138 valence electrons. The molecule has 4 rings (SSSR count). The van der Waals surface area contributed by atoms with Gasteiger partial charge in [0.15, 0.2) is 0 Å². The molecule has 1 saturated carbocycles. The summed E-state index contributed by atoms with van der Waals surface area (Å²) < 4.78 is 1.97. The zero-order chi connectivity index (χ0) is 17.9. The van der Waals surface area contributed by atoms with Gasteiger partial charge in [-0.1, -0.05) is 18.9 Å². The molecule has 0 radical (unpaired) electrons. The van der Waals surface area contributed by atoms with E-state index in [1.165, 1.54) is 24.2 Å². The van der Waals surface area contributed by atoms with Crippen LogP contribution in [0.25, 0.3) is 0 Å². The summed E-state index contributed by atoms with van der Waals surface area (Å²) in [4.78, 5) is 27.7. The van der Waals surface area contributed by atoms with Crippen molar-refractivity contribution in [2.75, 3.05) is 18.4 Å². The first-order chi connectivity index (χ1) is 12.7. The normalized spacial score (nSPS) is 19.0. The van der Waals surface area contributed by atoms with Gasteiger partial charge >= 0.3 is 0 Å². The van der Waals surface area contributed by atoms with Crippen LogP contribution in [0.1, 0.15) is 54.2 Å². The van der Waals surface area contributed by atoms with Gasteiger partial charge in [0.05, 0.1) is 17.1 Å². The molecule has 0 bridgehead atoms. The second kappa shape index (κ2) is 7.61. The van der Waals surface area contributed by atoms with Gasteiger partial charge < -0.3 is 10.2 Å². The molecule has 3 heterocycles. The minimum Gasteiger partial charge on any atom is -0.338 e. The zero-order valence-corrected chi connectivity index (χ0v) is 15.6. The number of likely N-dealkylation sites (tertiary alicyclic amines) is 1. The van der Waals surface area contributed by atoms with Crippen LogP contribution in [0.4, 0.5) is 5.82 Å². The van der Waals surface area contributed by atoms with Crippen molar-refractivity contribution in [3.05, 3.63) is 34.7 Å². The fraction of sp³-hybridized carbons (Fsp3) is 0.526. The van der Waals surface area contributed by atoms with Gasteiger partial charge in [-0.15, -0.1) is 11.3 Å². The maximum atomic E-state index is 12.7. The summed E-state index contributed by atoms with van der Waals surface area (Å²) in [6.45, 7) is 1.27. The fourth-order valence-corrected chi connectivity index (χ4v) is 4.67.